The number of aliphatic hydroxyl groups is 1. The van der Waals surface area contributed by atoms with Crippen LogP contribution >= 0.6 is 11.6 Å². The van der Waals surface area contributed by atoms with Crippen molar-refractivity contribution in [3.63, 3.8) is 0 Å². The summed E-state index contributed by atoms with van der Waals surface area (Å²) in [5.74, 6) is 0.185. The van der Waals surface area contributed by atoms with E-state index >= 15 is 0 Å². The SMILES string of the molecule is CC(Oc1ccccc1Cl)C(=O)NCCO. The highest BCUT2D eigenvalue weighted by Crippen LogP contribution is 2.24. The predicted octanol–water partition coefficient (Wildman–Crippen LogP) is 1.22. The monoisotopic (exact) mass is 243 g/mol. The first-order valence-electron chi connectivity index (χ1n) is 4.95. The first kappa shape index (κ1) is 12.8. The van der Waals surface area contributed by atoms with Crippen molar-refractivity contribution in [2.45, 2.75) is 13.0 Å². The molecule has 2 N–H and O–H groups in total. The van der Waals surface area contributed by atoms with Crippen LogP contribution < -0.4 is 10.1 Å². The topological polar surface area (TPSA) is 58.6 Å². The standard InChI is InChI=1S/C11H14ClNO3/c1-8(11(15)13-6-7-14)16-10-5-3-2-4-9(10)12/h2-5,8,14H,6-7H2,1H3,(H,13,15). The van der Waals surface area contributed by atoms with Crippen LogP contribution in [0.1, 0.15) is 6.92 Å². The summed E-state index contributed by atoms with van der Waals surface area (Å²) >= 11 is 5.88. The van der Waals surface area contributed by atoms with Crippen LogP contribution in [0.15, 0.2) is 24.3 Å². The molecule has 1 rings (SSSR count). The third kappa shape index (κ3) is 3.72. The maximum Gasteiger partial charge on any atom is 0.260 e. The number of halogens is 1. The lowest BCUT2D eigenvalue weighted by Gasteiger charge is -2.14. The second kappa shape index (κ2) is 6.35. The van der Waals surface area contributed by atoms with E-state index in [2.05, 4.69) is 5.32 Å². The summed E-state index contributed by atoms with van der Waals surface area (Å²) in [6.07, 6.45) is -0.647. The lowest BCUT2D eigenvalue weighted by Crippen LogP contribution is -2.37. The number of benzene rings is 1. The number of rotatable bonds is 5. The molecule has 0 spiro atoms. The largest absolute Gasteiger partial charge is 0.479 e. The van der Waals surface area contributed by atoms with Crippen LogP contribution in [0, 0.1) is 0 Å². The van der Waals surface area contributed by atoms with Crippen molar-refractivity contribution in [3.05, 3.63) is 29.3 Å². The molecule has 88 valence electrons. The Morgan fingerprint density at radius 3 is 2.88 bits per heavy atom. The lowest BCUT2D eigenvalue weighted by atomic mass is 10.3. The smallest absolute Gasteiger partial charge is 0.260 e. The summed E-state index contributed by atoms with van der Waals surface area (Å²) in [5.41, 5.74) is 0. The molecule has 1 unspecified atom stereocenters. The molecule has 0 fully saturated rings. The highest BCUT2D eigenvalue weighted by atomic mass is 35.5. The van der Waals surface area contributed by atoms with Gasteiger partial charge in [-0.15, -0.1) is 0 Å². The second-order valence-corrected chi connectivity index (χ2v) is 3.61. The normalized spacial score (nSPS) is 11.9. The molecule has 0 saturated heterocycles. The molecule has 1 aromatic carbocycles. The fourth-order valence-corrected chi connectivity index (χ4v) is 1.29. The van der Waals surface area contributed by atoms with E-state index in [0.717, 1.165) is 0 Å². The fraction of sp³-hybridized carbons (Fsp3) is 0.364. The molecule has 0 bridgehead atoms. The van der Waals surface area contributed by atoms with Crippen LogP contribution in [0.3, 0.4) is 0 Å². The third-order valence-electron chi connectivity index (χ3n) is 1.92. The molecule has 0 saturated carbocycles. The van der Waals surface area contributed by atoms with Gasteiger partial charge in [0.2, 0.25) is 0 Å². The van der Waals surface area contributed by atoms with Crippen molar-refractivity contribution in [1.82, 2.24) is 5.32 Å². The van der Waals surface area contributed by atoms with Gasteiger partial charge < -0.3 is 15.2 Å². The van der Waals surface area contributed by atoms with Gasteiger partial charge in [-0.25, -0.2) is 0 Å². The van der Waals surface area contributed by atoms with Gasteiger partial charge in [0.1, 0.15) is 5.75 Å². The number of ether oxygens (including phenoxy) is 1. The maximum absolute atomic E-state index is 11.4. The van der Waals surface area contributed by atoms with E-state index in [9.17, 15) is 4.79 Å². The average Bonchev–Trinajstić information content (AvgIpc) is 2.28. The van der Waals surface area contributed by atoms with Crippen LogP contribution in [-0.2, 0) is 4.79 Å². The Morgan fingerprint density at radius 1 is 1.56 bits per heavy atom. The molecule has 1 amide bonds. The summed E-state index contributed by atoms with van der Waals surface area (Å²) in [5, 5.41) is 11.5. The van der Waals surface area contributed by atoms with Crippen LogP contribution in [0.5, 0.6) is 5.75 Å². The average molecular weight is 244 g/mol. The van der Waals surface area contributed by atoms with E-state index in [4.69, 9.17) is 21.4 Å². The first-order chi connectivity index (χ1) is 7.65. The van der Waals surface area contributed by atoms with Gasteiger partial charge in [0.25, 0.3) is 5.91 Å². The van der Waals surface area contributed by atoms with E-state index in [1.165, 1.54) is 0 Å². The van der Waals surface area contributed by atoms with Crippen molar-refractivity contribution >= 4 is 17.5 Å². The highest BCUT2D eigenvalue weighted by molar-refractivity contribution is 6.32. The van der Waals surface area contributed by atoms with E-state index in [-0.39, 0.29) is 19.1 Å². The van der Waals surface area contributed by atoms with Crippen molar-refractivity contribution in [1.29, 1.82) is 0 Å². The van der Waals surface area contributed by atoms with Crippen molar-refractivity contribution in [2.24, 2.45) is 0 Å². The second-order valence-electron chi connectivity index (χ2n) is 3.21. The Hall–Kier alpha value is -1.26. The molecule has 5 heteroatoms. The van der Waals surface area contributed by atoms with Gasteiger partial charge in [-0.1, -0.05) is 23.7 Å². The maximum atomic E-state index is 11.4. The van der Waals surface area contributed by atoms with Gasteiger partial charge in [0.15, 0.2) is 6.10 Å². The van der Waals surface area contributed by atoms with Crippen molar-refractivity contribution in [2.75, 3.05) is 13.2 Å². The first-order valence-corrected chi connectivity index (χ1v) is 5.32. The van der Waals surface area contributed by atoms with Gasteiger partial charge in [-0.2, -0.15) is 0 Å². The number of hydrogen-bond donors (Lipinski definition) is 2. The summed E-state index contributed by atoms with van der Waals surface area (Å²) in [6.45, 7) is 1.75. The van der Waals surface area contributed by atoms with E-state index in [1.807, 2.05) is 0 Å². The zero-order chi connectivity index (χ0) is 12.0. The van der Waals surface area contributed by atoms with E-state index < -0.39 is 6.10 Å². The molecule has 1 aromatic rings. The van der Waals surface area contributed by atoms with Gasteiger partial charge in [-0.3, -0.25) is 4.79 Å². The van der Waals surface area contributed by atoms with Crippen LogP contribution in [0.25, 0.3) is 0 Å². The molecule has 0 aliphatic rings. The Bertz CT molecular complexity index is 357. The molecule has 0 radical (unpaired) electrons. The minimum atomic E-state index is -0.647. The summed E-state index contributed by atoms with van der Waals surface area (Å²) in [6, 6.07) is 6.94. The van der Waals surface area contributed by atoms with Crippen molar-refractivity contribution < 1.29 is 14.6 Å². The minimum absolute atomic E-state index is 0.0927. The molecular weight excluding hydrogens is 230 g/mol. The molecule has 1 atom stereocenters. The van der Waals surface area contributed by atoms with Gasteiger partial charge in [0.05, 0.1) is 11.6 Å². The molecule has 0 aliphatic heterocycles. The molecule has 0 aromatic heterocycles. The lowest BCUT2D eigenvalue weighted by molar-refractivity contribution is -0.127. The number of carbonyl (C=O) groups excluding carboxylic acids is 1. The number of carbonyl (C=O) groups is 1. The van der Waals surface area contributed by atoms with Gasteiger partial charge in [-0.05, 0) is 19.1 Å². The van der Waals surface area contributed by atoms with Gasteiger partial charge >= 0.3 is 0 Å². The number of aliphatic hydroxyl groups excluding tert-OH is 1. The fourth-order valence-electron chi connectivity index (χ4n) is 1.11. The zero-order valence-electron chi connectivity index (χ0n) is 8.94. The van der Waals surface area contributed by atoms with Crippen LogP contribution in [-0.4, -0.2) is 30.3 Å². The molecule has 0 heterocycles. The third-order valence-corrected chi connectivity index (χ3v) is 2.23. The Kier molecular flexibility index (Phi) is 5.08. The number of hydrogen-bond acceptors (Lipinski definition) is 3. The van der Waals surface area contributed by atoms with Crippen LogP contribution in [0.2, 0.25) is 5.02 Å². The summed E-state index contributed by atoms with van der Waals surface area (Å²) < 4.78 is 5.38. The molecule has 16 heavy (non-hydrogen) atoms. The Labute approximate surface area is 99.2 Å². The summed E-state index contributed by atoms with van der Waals surface area (Å²) in [4.78, 5) is 11.4. The Balaban J connectivity index is 2.54. The van der Waals surface area contributed by atoms with Gasteiger partial charge in [0, 0.05) is 6.54 Å². The number of nitrogens with one attached hydrogen (secondary N) is 1. The summed E-state index contributed by atoms with van der Waals surface area (Å²) in [7, 11) is 0. The van der Waals surface area contributed by atoms with Crippen molar-refractivity contribution in [3.8, 4) is 5.75 Å². The zero-order valence-corrected chi connectivity index (χ0v) is 9.70. The molecule has 0 aliphatic carbocycles. The predicted molar refractivity (Wildman–Crippen MR) is 61.6 cm³/mol. The highest BCUT2D eigenvalue weighted by Gasteiger charge is 2.14. The quantitative estimate of drug-likeness (QED) is 0.818. The Morgan fingerprint density at radius 2 is 2.25 bits per heavy atom. The van der Waals surface area contributed by atoms with Crippen LogP contribution in [0.4, 0.5) is 0 Å². The number of para-hydroxylation sites is 1. The van der Waals surface area contributed by atoms with E-state index in [0.29, 0.717) is 10.8 Å². The molecule has 4 nitrogen and oxygen atoms in total. The van der Waals surface area contributed by atoms with E-state index in [1.54, 1.807) is 31.2 Å². The minimum Gasteiger partial charge on any atom is -0.479 e. The number of amides is 1. The molecular formula is C11H14ClNO3.